The summed E-state index contributed by atoms with van der Waals surface area (Å²) in [6, 6.07) is 0.645. The predicted molar refractivity (Wildman–Crippen MR) is 84.5 cm³/mol. The number of hydrogen-bond acceptors (Lipinski definition) is 3. The van der Waals surface area contributed by atoms with E-state index in [1.807, 2.05) is 0 Å². The smallest absolute Gasteiger partial charge is 0.0344 e. The highest BCUT2D eigenvalue weighted by Crippen LogP contribution is 2.29. The van der Waals surface area contributed by atoms with Crippen LogP contribution in [0.2, 0.25) is 0 Å². The lowest BCUT2D eigenvalue weighted by molar-refractivity contribution is 0.0655. The summed E-state index contributed by atoms with van der Waals surface area (Å²) in [5.74, 6) is 0. The molecule has 2 atom stereocenters. The molecule has 2 N–H and O–H groups in total. The van der Waals surface area contributed by atoms with Gasteiger partial charge in [-0.2, -0.15) is 0 Å². The zero-order valence-electron chi connectivity index (χ0n) is 13.6. The van der Waals surface area contributed by atoms with Crippen LogP contribution in [-0.2, 0) is 0 Å². The Morgan fingerprint density at radius 2 is 1.95 bits per heavy atom. The van der Waals surface area contributed by atoms with Gasteiger partial charge in [0.2, 0.25) is 0 Å². The van der Waals surface area contributed by atoms with Gasteiger partial charge in [-0.15, -0.1) is 0 Å². The number of rotatable bonds is 7. The van der Waals surface area contributed by atoms with Crippen molar-refractivity contribution >= 4 is 0 Å². The van der Waals surface area contributed by atoms with Crippen LogP contribution in [0.4, 0.5) is 0 Å². The third kappa shape index (κ3) is 4.44. The molecule has 0 aromatic carbocycles. The fourth-order valence-electron chi connectivity index (χ4n) is 3.55. The molecule has 3 heteroatoms. The maximum absolute atomic E-state index is 6.20. The molecule has 1 saturated heterocycles. The van der Waals surface area contributed by atoms with Crippen molar-refractivity contribution in [1.29, 1.82) is 0 Å². The van der Waals surface area contributed by atoms with Crippen LogP contribution in [0, 0.1) is 0 Å². The van der Waals surface area contributed by atoms with Gasteiger partial charge in [0, 0.05) is 18.1 Å². The Hall–Kier alpha value is -0.120. The van der Waals surface area contributed by atoms with Gasteiger partial charge < -0.3 is 10.6 Å². The minimum Gasteiger partial charge on any atom is -0.329 e. The first-order valence-electron chi connectivity index (χ1n) is 8.25. The Balaban J connectivity index is 2.68. The molecule has 1 aliphatic rings. The van der Waals surface area contributed by atoms with Gasteiger partial charge >= 0.3 is 0 Å². The van der Waals surface area contributed by atoms with E-state index in [2.05, 4.69) is 37.6 Å². The van der Waals surface area contributed by atoms with Gasteiger partial charge in [0.1, 0.15) is 0 Å². The highest BCUT2D eigenvalue weighted by molar-refractivity contribution is 4.95. The highest BCUT2D eigenvalue weighted by atomic mass is 15.2. The van der Waals surface area contributed by atoms with Crippen molar-refractivity contribution in [2.24, 2.45) is 5.73 Å². The van der Waals surface area contributed by atoms with E-state index in [0.717, 1.165) is 6.54 Å². The standard InChI is InChI=1S/C16H35N3/c1-5-8-15(3)18(4)16(14-17)9-7-12-19(11-6-2)13-10-16/h15H,5-14,17H2,1-4H3. The highest BCUT2D eigenvalue weighted by Gasteiger charge is 2.36. The van der Waals surface area contributed by atoms with Crippen LogP contribution in [0.1, 0.15) is 59.3 Å². The average Bonchev–Trinajstić information content (AvgIpc) is 2.62. The SMILES string of the molecule is CCCC(C)N(C)C1(CN)CCCN(CCC)CC1. The van der Waals surface area contributed by atoms with Gasteiger partial charge in [0.15, 0.2) is 0 Å². The second kappa shape index (κ2) is 8.23. The molecule has 0 spiro atoms. The monoisotopic (exact) mass is 269 g/mol. The van der Waals surface area contributed by atoms with Crippen molar-refractivity contribution < 1.29 is 0 Å². The zero-order chi connectivity index (χ0) is 14.3. The first-order valence-corrected chi connectivity index (χ1v) is 8.25. The summed E-state index contributed by atoms with van der Waals surface area (Å²) >= 11 is 0. The first kappa shape index (κ1) is 16.9. The molecule has 0 aromatic heterocycles. The van der Waals surface area contributed by atoms with Crippen molar-refractivity contribution in [3.8, 4) is 0 Å². The third-order valence-corrected chi connectivity index (χ3v) is 5.05. The number of nitrogens with two attached hydrogens (primary N) is 1. The molecule has 1 fully saturated rings. The van der Waals surface area contributed by atoms with Crippen LogP contribution < -0.4 is 5.73 Å². The van der Waals surface area contributed by atoms with Crippen molar-refractivity contribution in [2.45, 2.75) is 70.9 Å². The maximum Gasteiger partial charge on any atom is 0.0344 e. The molecule has 114 valence electrons. The minimum absolute atomic E-state index is 0.233. The lowest BCUT2D eigenvalue weighted by Crippen LogP contribution is -2.55. The lowest BCUT2D eigenvalue weighted by Gasteiger charge is -2.44. The van der Waals surface area contributed by atoms with Crippen LogP contribution >= 0.6 is 0 Å². The fourth-order valence-corrected chi connectivity index (χ4v) is 3.55. The molecule has 3 nitrogen and oxygen atoms in total. The summed E-state index contributed by atoms with van der Waals surface area (Å²) in [4.78, 5) is 5.21. The third-order valence-electron chi connectivity index (χ3n) is 5.05. The molecular weight excluding hydrogens is 234 g/mol. The molecule has 0 bridgehead atoms. The van der Waals surface area contributed by atoms with E-state index in [0.29, 0.717) is 6.04 Å². The van der Waals surface area contributed by atoms with Crippen molar-refractivity contribution in [3.05, 3.63) is 0 Å². The summed E-state index contributed by atoms with van der Waals surface area (Å²) in [6.07, 6.45) is 7.57. The quantitative estimate of drug-likeness (QED) is 0.771. The summed E-state index contributed by atoms with van der Waals surface area (Å²) < 4.78 is 0. The lowest BCUT2D eigenvalue weighted by atomic mass is 9.87. The molecule has 0 radical (unpaired) electrons. The second-order valence-corrected chi connectivity index (χ2v) is 6.37. The molecule has 19 heavy (non-hydrogen) atoms. The van der Waals surface area contributed by atoms with E-state index in [4.69, 9.17) is 5.73 Å². The van der Waals surface area contributed by atoms with E-state index < -0.39 is 0 Å². The largest absolute Gasteiger partial charge is 0.329 e. The van der Waals surface area contributed by atoms with Crippen molar-refractivity contribution in [3.63, 3.8) is 0 Å². The van der Waals surface area contributed by atoms with Crippen LogP contribution in [0.15, 0.2) is 0 Å². The van der Waals surface area contributed by atoms with Crippen LogP contribution in [0.5, 0.6) is 0 Å². The topological polar surface area (TPSA) is 32.5 Å². The van der Waals surface area contributed by atoms with Gasteiger partial charge in [-0.25, -0.2) is 0 Å². The van der Waals surface area contributed by atoms with E-state index >= 15 is 0 Å². The van der Waals surface area contributed by atoms with Crippen LogP contribution in [0.3, 0.4) is 0 Å². The average molecular weight is 269 g/mol. The Morgan fingerprint density at radius 3 is 2.53 bits per heavy atom. The Bertz CT molecular complexity index is 244. The first-order chi connectivity index (χ1) is 9.09. The number of likely N-dealkylation sites (tertiary alicyclic amines) is 1. The zero-order valence-corrected chi connectivity index (χ0v) is 13.6. The Labute approximate surface area is 120 Å². The molecule has 0 amide bonds. The molecule has 1 heterocycles. The van der Waals surface area contributed by atoms with Crippen molar-refractivity contribution in [2.75, 3.05) is 33.2 Å². The normalized spacial score (nSPS) is 27.5. The number of likely N-dealkylation sites (N-methyl/N-ethyl adjacent to an activating group) is 1. The minimum atomic E-state index is 0.233. The van der Waals surface area contributed by atoms with E-state index in [1.165, 1.54) is 58.2 Å². The second-order valence-electron chi connectivity index (χ2n) is 6.37. The molecule has 1 rings (SSSR count). The molecule has 1 aliphatic heterocycles. The predicted octanol–water partition coefficient (Wildman–Crippen LogP) is 2.70. The Kier molecular flexibility index (Phi) is 7.33. The number of hydrogen-bond donors (Lipinski definition) is 1. The van der Waals surface area contributed by atoms with Gasteiger partial charge in [-0.3, -0.25) is 4.90 Å². The van der Waals surface area contributed by atoms with Crippen molar-refractivity contribution in [1.82, 2.24) is 9.80 Å². The summed E-state index contributed by atoms with van der Waals surface area (Å²) in [7, 11) is 2.29. The molecule has 2 unspecified atom stereocenters. The van der Waals surface area contributed by atoms with E-state index in [1.54, 1.807) is 0 Å². The summed E-state index contributed by atoms with van der Waals surface area (Å²) in [5.41, 5.74) is 6.43. The summed E-state index contributed by atoms with van der Waals surface area (Å²) in [5, 5.41) is 0. The van der Waals surface area contributed by atoms with E-state index in [-0.39, 0.29) is 5.54 Å². The summed E-state index contributed by atoms with van der Waals surface area (Å²) in [6.45, 7) is 11.4. The van der Waals surface area contributed by atoms with Gasteiger partial charge in [0.05, 0.1) is 0 Å². The fraction of sp³-hybridized carbons (Fsp3) is 1.00. The van der Waals surface area contributed by atoms with Gasteiger partial charge in [0.25, 0.3) is 0 Å². The van der Waals surface area contributed by atoms with Crippen LogP contribution in [-0.4, -0.2) is 54.6 Å². The Morgan fingerprint density at radius 1 is 1.21 bits per heavy atom. The maximum atomic E-state index is 6.20. The van der Waals surface area contributed by atoms with Crippen LogP contribution in [0.25, 0.3) is 0 Å². The molecular formula is C16H35N3. The molecule has 0 saturated carbocycles. The molecule has 0 aromatic rings. The molecule has 0 aliphatic carbocycles. The van der Waals surface area contributed by atoms with E-state index in [9.17, 15) is 0 Å². The van der Waals surface area contributed by atoms with Gasteiger partial charge in [-0.1, -0.05) is 20.3 Å². The number of nitrogens with zero attached hydrogens (tertiary/aromatic N) is 2. The van der Waals surface area contributed by atoms with Gasteiger partial charge in [-0.05, 0) is 65.7 Å².